The smallest absolute Gasteiger partial charge is 0.323 e. The van der Waals surface area contributed by atoms with Crippen LogP contribution >= 0.6 is 0 Å². The zero-order valence-corrected chi connectivity index (χ0v) is 9.89. The van der Waals surface area contributed by atoms with E-state index in [1.165, 1.54) is 24.3 Å². The lowest BCUT2D eigenvalue weighted by Crippen LogP contribution is -2.36. The first-order valence-electron chi connectivity index (χ1n) is 4.70. The molecule has 0 saturated heterocycles. The van der Waals surface area contributed by atoms with Crippen molar-refractivity contribution in [3.63, 3.8) is 0 Å². The van der Waals surface area contributed by atoms with E-state index in [0.717, 1.165) is 6.26 Å². The monoisotopic (exact) mass is 259 g/mol. The third-order valence-corrected chi connectivity index (χ3v) is 3.40. The number of hydrogen-bond donors (Lipinski definition) is 3. The lowest BCUT2D eigenvalue weighted by atomic mass is 10.0. The summed E-state index contributed by atoms with van der Waals surface area (Å²) in [7, 11) is -3.31. The van der Waals surface area contributed by atoms with E-state index >= 15 is 0 Å². The molecule has 0 aliphatic rings. The third-order valence-electron chi connectivity index (χ3n) is 2.28. The lowest BCUT2D eigenvalue weighted by Gasteiger charge is -2.15. The molecule has 94 valence electrons. The van der Waals surface area contributed by atoms with Crippen LogP contribution in [0, 0.1) is 0 Å². The molecule has 7 heteroatoms. The van der Waals surface area contributed by atoms with E-state index in [1.54, 1.807) is 0 Å². The number of rotatable bonds is 4. The normalized spacial score (nSPS) is 15.2. The molecule has 0 aromatic heterocycles. The molecule has 0 bridgehead atoms. The molecule has 0 spiro atoms. The van der Waals surface area contributed by atoms with Crippen LogP contribution in [0.25, 0.3) is 0 Å². The van der Waals surface area contributed by atoms with Crippen molar-refractivity contribution in [1.82, 2.24) is 0 Å². The molecule has 0 fully saturated rings. The molecule has 0 aliphatic heterocycles. The third kappa shape index (κ3) is 3.26. The molecule has 0 radical (unpaired) electrons. The van der Waals surface area contributed by atoms with Crippen molar-refractivity contribution >= 4 is 15.8 Å². The van der Waals surface area contributed by atoms with Gasteiger partial charge in [0, 0.05) is 6.26 Å². The van der Waals surface area contributed by atoms with Crippen molar-refractivity contribution in [2.75, 3.05) is 6.26 Å². The fourth-order valence-electron chi connectivity index (χ4n) is 1.25. The molecule has 4 N–H and O–H groups in total. The van der Waals surface area contributed by atoms with Crippen LogP contribution in [0.5, 0.6) is 0 Å². The summed E-state index contributed by atoms with van der Waals surface area (Å²) in [6, 6.07) is 3.82. The van der Waals surface area contributed by atoms with Gasteiger partial charge in [-0.25, -0.2) is 8.42 Å². The Hall–Kier alpha value is -1.44. The maximum atomic E-state index is 11.2. The topological polar surface area (TPSA) is 118 Å². The Balaban J connectivity index is 2.99. The first-order valence-corrected chi connectivity index (χ1v) is 6.59. The van der Waals surface area contributed by atoms with Crippen molar-refractivity contribution in [2.24, 2.45) is 5.73 Å². The van der Waals surface area contributed by atoms with Crippen molar-refractivity contribution in [3.8, 4) is 0 Å². The Labute approximate surface area is 98.6 Å². The number of aliphatic hydroxyl groups excluding tert-OH is 1. The van der Waals surface area contributed by atoms with E-state index in [-0.39, 0.29) is 10.5 Å². The largest absolute Gasteiger partial charge is 0.480 e. The van der Waals surface area contributed by atoms with Gasteiger partial charge in [0.25, 0.3) is 0 Å². The number of carbonyl (C=O) groups is 1. The highest BCUT2D eigenvalue weighted by atomic mass is 32.2. The van der Waals surface area contributed by atoms with Gasteiger partial charge in [0.05, 0.1) is 4.90 Å². The minimum absolute atomic E-state index is 0.0948. The minimum atomic E-state index is -3.31. The van der Waals surface area contributed by atoms with Crippen LogP contribution in [0.3, 0.4) is 0 Å². The first kappa shape index (κ1) is 13.6. The maximum absolute atomic E-state index is 11.2. The van der Waals surface area contributed by atoms with Gasteiger partial charge in [0.15, 0.2) is 9.84 Å². The predicted molar refractivity (Wildman–Crippen MR) is 60.1 cm³/mol. The molecular weight excluding hydrogens is 246 g/mol. The van der Waals surface area contributed by atoms with Crippen LogP contribution in [0.1, 0.15) is 11.7 Å². The van der Waals surface area contributed by atoms with Gasteiger partial charge in [-0.2, -0.15) is 0 Å². The summed E-state index contributed by atoms with van der Waals surface area (Å²) >= 11 is 0. The van der Waals surface area contributed by atoms with Crippen molar-refractivity contribution in [3.05, 3.63) is 29.8 Å². The molecule has 1 aromatic carbocycles. The summed E-state index contributed by atoms with van der Waals surface area (Å²) in [5.74, 6) is -1.33. The van der Waals surface area contributed by atoms with Crippen LogP contribution in [0.15, 0.2) is 29.2 Å². The summed E-state index contributed by atoms with van der Waals surface area (Å²) in [5, 5.41) is 18.2. The van der Waals surface area contributed by atoms with Gasteiger partial charge in [-0.05, 0) is 17.7 Å². The SMILES string of the molecule is CS(=O)(=O)c1ccc([C@@H](O)[C@@H](N)C(=O)O)cc1. The Morgan fingerprint density at radius 2 is 1.76 bits per heavy atom. The van der Waals surface area contributed by atoms with Gasteiger partial charge in [-0.3, -0.25) is 4.79 Å². The number of carboxylic acid groups (broad SMARTS) is 1. The quantitative estimate of drug-likeness (QED) is 0.673. The fourth-order valence-corrected chi connectivity index (χ4v) is 1.89. The van der Waals surface area contributed by atoms with Crippen LogP contribution in [0.2, 0.25) is 0 Å². The summed E-state index contributed by atoms with van der Waals surface area (Å²) < 4.78 is 22.3. The van der Waals surface area contributed by atoms with E-state index in [9.17, 15) is 18.3 Å². The number of carboxylic acids is 1. The molecule has 1 rings (SSSR count). The van der Waals surface area contributed by atoms with E-state index in [1.807, 2.05) is 0 Å². The maximum Gasteiger partial charge on any atom is 0.323 e. The highest BCUT2D eigenvalue weighted by molar-refractivity contribution is 7.90. The van der Waals surface area contributed by atoms with Gasteiger partial charge >= 0.3 is 5.97 Å². The number of hydrogen-bond acceptors (Lipinski definition) is 5. The van der Waals surface area contributed by atoms with Gasteiger partial charge in [0.1, 0.15) is 12.1 Å². The number of aliphatic carboxylic acids is 1. The lowest BCUT2D eigenvalue weighted by molar-refractivity contribution is -0.141. The van der Waals surface area contributed by atoms with Crippen LogP contribution in [-0.2, 0) is 14.6 Å². The molecule has 0 amide bonds. The van der Waals surface area contributed by atoms with Crippen molar-refractivity contribution in [1.29, 1.82) is 0 Å². The van der Waals surface area contributed by atoms with E-state index in [4.69, 9.17) is 10.8 Å². The van der Waals surface area contributed by atoms with Crippen LogP contribution < -0.4 is 5.73 Å². The van der Waals surface area contributed by atoms with Gasteiger partial charge in [-0.15, -0.1) is 0 Å². The standard InChI is InChI=1S/C10H13NO5S/c1-17(15,16)7-4-2-6(3-5-7)9(12)8(11)10(13)14/h2-5,8-9,12H,11H2,1H3,(H,13,14)/t8-,9-/m1/s1. The number of sulfone groups is 1. The van der Waals surface area contributed by atoms with E-state index in [2.05, 4.69) is 0 Å². The first-order chi connectivity index (χ1) is 7.73. The summed E-state index contributed by atoms with van der Waals surface area (Å²) in [5.41, 5.74) is 5.50. The van der Waals surface area contributed by atoms with E-state index in [0.29, 0.717) is 0 Å². The number of nitrogens with two attached hydrogens (primary N) is 1. The number of benzene rings is 1. The zero-order valence-electron chi connectivity index (χ0n) is 9.07. The molecule has 0 saturated carbocycles. The molecule has 0 heterocycles. The molecule has 6 nitrogen and oxygen atoms in total. The second-order valence-electron chi connectivity index (χ2n) is 3.65. The fraction of sp³-hybridized carbons (Fsp3) is 0.300. The van der Waals surface area contributed by atoms with Crippen LogP contribution in [-0.4, -0.2) is 36.9 Å². The molecular formula is C10H13NO5S. The Morgan fingerprint density at radius 1 is 1.29 bits per heavy atom. The Bertz CT molecular complexity index is 508. The highest BCUT2D eigenvalue weighted by Gasteiger charge is 2.23. The van der Waals surface area contributed by atoms with Crippen LogP contribution in [0.4, 0.5) is 0 Å². The zero-order chi connectivity index (χ0) is 13.2. The second kappa shape index (κ2) is 4.82. The molecule has 17 heavy (non-hydrogen) atoms. The molecule has 0 unspecified atom stereocenters. The predicted octanol–water partition coefficient (Wildman–Crippen LogP) is -0.465. The van der Waals surface area contributed by atoms with Gasteiger partial charge in [0.2, 0.25) is 0 Å². The highest BCUT2D eigenvalue weighted by Crippen LogP contribution is 2.18. The second-order valence-corrected chi connectivity index (χ2v) is 5.67. The van der Waals surface area contributed by atoms with Crippen molar-refractivity contribution < 1.29 is 23.4 Å². The molecule has 2 atom stereocenters. The average molecular weight is 259 g/mol. The summed E-state index contributed by atoms with van der Waals surface area (Å²) in [6.07, 6.45) is -0.317. The van der Waals surface area contributed by atoms with Crippen molar-refractivity contribution in [2.45, 2.75) is 17.0 Å². The summed E-state index contributed by atoms with van der Waals surface area (Å²) in [4.78, 5) is 10.7. The Morgan fingerprint density at radius 3 is 2.12 bits per heavy atom. The molecule has 1 aromatic rings. The Kier molecular flexibility index (Phi) is 3.87. The van der Waals surface area contributed by atoms with Gasteiger partial charge < -0.3 is 15.9 Å². The average Bonchev–Trinajstić information content (AvgIpc) is 2.26. The number of aliphatic hydroxyl groups is 1. The van der Waals surface area contributed by atoms with E-state index < -0.39 is 28.0 Å². The molecule has 0 aliphatic carbocycles. The van der Waals surface area contributed by atoms with Gasteiger partial charge in [-0.1, -0.05) is 12.1 Å². The summed E-state index contributed by atoms with van der Waals surface area (Å²) in [6.45, 7) is 0. The minimum Gasteiger partial charge on any atom is -0.480 e.